The van der Waals surface area contributed by atoms with Crippen molar-refractivity contribution in [3.63, 3.8) is 0 Å². The third-order valence-corrected chi connectivity index (χ3v) is 6.24. The van der Waals surface area contributed by atoms with Crippen LogP contribution in [0.15, 0.2) is 18.2 Å². The number of rotatable bonds is 7. The minimum atomic E-state index is -0.140. The molecular weight excluding hydrogens is 340 g/mol. The lowest BCUT2D eigenvalue weighted by Gasteiger charge is -2.50. The Bertz CT molecular complexity index is 648. The van der Waals surface area contributed by atoms with E-state index in [9.17, 15) is 9.90 Å². The average molecular weight is 375 g/mol. The first-order chi connectivity index (χ1) is 13.1. The Hall–Kier alpha value is -1.59. The van der Waals surface area contributed by atoms with Crippen molar-refractivity contribution in [2.75, 3.05) is 32.8 Å². The SMILES string of the molecule is CCOc1ccc(CCCC(=O)N2CC[C@H]3NCCC[C@]3(CO)C2)cc1C. The summed E-state index contributed by atoms with van der Waals surface area (Å²) >= 11 is 0. The third kappa shape index (κ3) is 4.64. The highest BCUT2D eigenvalue weighted by atomic mass is 16.5. The predicted molar refractivity (Wildman–Crippen MR) is 107 cm³/mol. The first kappa shape index (κ1) is 20.2. The summed E-state index contributed by atoms with van der Waals surface area (Å²) in [5.41, 5.74) is 2.27. The Balaban J connectivity index is 1.50. The van der Waals surface area contributed by atoms with E-state index in [0.29, 0.717) is 25.6 Å². The Kier molecular flexibility index (Phi) is 6.77. The fourth-order valence-corrected chi connectivity index (χ4v) is 4.69. The molecule has 0 bridgehead atoms. The van der Waals surface area contributed by atoms with Gasteiger partial charge in [-0.3, -0.25) is 4.79 Å². The van der Waals surface area contributed by atoms with Gasteiger partial charge < -0.3 is 20.1 Å². The first-order valence-electron chi connectivity index (χ1n) is 10.4. The quantitative estimate of drug-likeness (QED) is 0.770. The minimum absolute atomic E-state index is 0.140. The molecule has 1 amide bonds. The number of carbonyl (C=O) groups excluding carboxylic acids is 1. The number of fused-ring (bicyclic) bond motifs is 1. The van der Waals surface area contributed by atoms with Crippen LogP contribution in [0.25, 0.3) is 0 Å². The van der Waals surface area contributed by atoms with Gasteiger partial charge in [-0.15, -0.1) is 0 Å². The van der Waals surface area contributed by atoms with E-state index in [1.165, 1.54) is 5.56 Å². The molecule has 5 heteroatoms. The summed E-state index contributed by atoms with van der Waals surface area (Å²) < 4.78 is 5.59. The fourth-order valence-electron chi connectivity index (χ4n) is 4.69. The van der Waals surface area contributed by atoms with Crippen molar-refractivity contribution in [1.29, 1.82) is 0 Å². The van der Waals surface area contributed by atoms with Gasteiger partial charge in [-0.25, -0.2) is 0 Å². The Morgan fingerprint density at radius 2 is 2.30 bits per heavy atom. The zero-order valence-corrected chi connectivity index (χ0v) is 16.8. The molecule has 150 valence electrons. The minimum Gasteiger partial charge on any atom is -0.494 e. The number of nitrogens with zero attached hydrogens (tertiary/aromatic N) is 1. The molecule has 2 aliphatic rings. The summed E-state index contributed by atoms with van der Waals surface area (Å²) in [7, 11) is 0. The molecule has 2 atom stereocenters. The topological polar surface area (TPSA) is 61.8 Å². The zero-order valence-electron chi connectivity index (χ0n) is 16.8. The first-order valence-corrected chi connectivity index (χ1v) is 10.4. The molecule has 2 N–H and O–H groups in total. The van der Waals surface area contributed by atoms with E-state index in [-0.39, 0.29) is 17.9 Å². The van der Waals surface area contributed by atoms with Crippen LogP contribution >= 0.6 is 0 Å². The number of likely N-dealkylation sites (tertiary alicyclic amines) is 1. The van der Waals surface area contributed by atoms with Crippen LogP contribution in [0.5, 0.6) is 5.75 Å². The summed E-state index contributed by atoms with van der Waals surface area (Å²) in [6, 6.07) is 6.65. The number of hydrogen-bond acceptors (Lipinski definition) is 4. The predicted octanol–water partition coefficient (Wildman–Crippen LogP) is 2.68. The maximum Gasteiger partial charge on any atom is 0.222 e. The van der Waals surface area contributed by atoms with Crippen LogP contribution in [0.1, 0.15) is 50.2 Å². The summed E-state index contributed by atoms with van der Waals surface area (Å²) in [5, 5.41) is 13.5. The zero-order chi connectivity index (χ0) is 19.3. The summed E-state index contributed by atoms with van der Waals surface area (Å²) in [5.74, 6) is 1.17. The van der Waals surface area contributed by atoms with Crippen molar-refractivity contribution in [2.24, 2.45) is 5.41 Å². The van der Waals surface area contributed by atoms with E-state index in [1.807, 2.05) is 17.9 Å². The van der Waals surface area contributed by atoms with Crippen molar-refractivity contribution in [1.82, 2.24) is 10.2 Å². The second-order valence-electron chi connectivity index (χ2n) is 8.12. The Labute approximate surface area is 163 Å². The lowest BCUT2D eigenvalue weighted by atomic mass is 9.70. The fraction of sp³-hybridized carbons (Fsp3) is 0.682. The van der Waals surface area contributed by atoms with Gasteiger partial charge in [0, 0.05) is 31.0 Å². The van der Waals surface area contributed by atoms with Crippen LogP contribution in [0, 0.1) is 12.3 Å². The standard InChI is InChI=1S/C22H34N2O3/c1-3-27-19-9-8-18(14-17(19)2)6-4-7-21(26)24-13-10-20-22(15-24,16-25)11-5-12-23-20/h8-9,14,20,23,25H,3-7,10-13,15-16H2,1-2H3/t20-,22-/m1/s1. The summed E-state index contributed by atoms with van der Waals surface area (Å²) in [6.07, 6.45) is 5.38. The molecule has 0 aliphatic carbocycles. The van der Waals surface area contributed by atoms with Crippen LogP contribution in [0.3, 0.4) is 0 Å². The van der Waals surface area contributed by atoms with Gasteiger partial charge in [-0.2, -0.15) is 0 Å². The smallest absolute Gasteiger partial charge is 0.222 e. The molecule has 0 saturated carbocycles. The molecular formula is C22H34N2O3. The van der Waals surface area contributed by atoms with Gasteiger partial charge in [0.1, 0.15) is 5.75 Å². The van der Waals surface area contributed by atoms with E-state index in [0.717, 1.165) is 56.5 Å². The normalized spacial score (nSPS) is 25.1. The van der Waals surface area contributed by atoms with Crippen LogP contribution in [-0.4, -0.2) is 54.8 Å². The Morgan fingerprint density at radius 1 is 1.44 bits per heavy atom. The van der Waals surface area contributed by atoms with E-state index >= 15 is 0 Å². The lowest BCUT2D eigenvalue weighted by molar-refractivity contribution is -0.137. The molecule has 2 heterocycles. The highest BCUT2D eigenvalue weighted by Gasteiger charge is 2.45. The van der Waals surface area contributed by atoms with Crippen LogP contribution in [-0.2, 0) is 11.2 Å². The van der Waals surface area contributed by atoms with E-state index in [4.69, 9.17) is 4.74 Å². The molecule has 2 saturated heterocycles. The number of benzene rings is 1. The van der Waals surface area contributed by atoms with Crippen molar-refractivity contribution in [3.8, 4) is 5.75 Å². The van der Waals surface area contributed by atoms with Crippen molar-refractivity contribution >= 4 is 5.91 Å². The molecule has 5 nitrogen and oxygen atoms in total. The maximum absolute atomic E-state index is 12.7. The largest absolute Gasteiger partial charge is 0.494 e. The number of aryl methyl sites for hydroxylation is 2. The molecule has 0 unspecified atom stereocenters. The summed E-state index contributed by atoms with van der Waals surface area (Å²) in [4.78, 5) is 14.7. The molecule has 2 fully saturated rings. The van der Waals surface area contributed by atoms with Gasteiger partial charge in [-0.05, 0) is 69.7 Å². The number of nitrogens with one attached hydrogen (secondary N) is 1. The molecule has 1 aromatic rings. The maximum atomic E-state index is 12.7. The number of ether oxygens (including phenoxy) is 1. The highest BCUT2D eigenvalue weighted by molar-refractivity contribution is 5.76. The second-order valence-corrected chi connectivity index (χ2v) is 8.12. The monoisotopic (exact) mass is 374 g/mol. The number of aliphatic hydroxyl groups excluding tert-OH is 1. The number of piperidine rings is 2. The molecule has 0 radical (unpaired) electrons. The second kappa shape index (κ2) is 9.07. The van der Waals surface area contributed by atoms with Crippen LogP contribution in [0.2, 0.25) is 0 Å². The highest BCUT2D eigenvalue weighted by Crippen LogP contribution is 2.37. The molecule has 1 aromatic carbocycles. The van der Waals surface area contributed by atoms with Gasteiger partial charge in [0.15, 0.2) is 0 Å². The van der Waals surface area contributed by atoms with Gasteiger partial charge in [0.25, 0.3) is 0 Å². The van der Waals surface area contributed by atoms with Crippen LogP contribution < -0.4 is 10.1 Å². The van der Waals surface area contributed by atoms with E-state index < -0.39 is 0 Å². The third-order valence-electron chi connectivity index (χ3n) is 6.24. The number of hydrogen-bond donors (Lipinski definition) is 2. The molecule has 2 aliphatic heterocycles. The summed E-state index contributed by atoms with van der Waals surface area (Å²) in [6.45, 7) is 7.43. The van der Waals surface area contributed by atoms with Gasteiger partial charge in [0.05, 0.1) is 13.2 Å². The van der Waals surface area contributed by atoms with E-state index in [2.05, 4.69) is 24.4 Å². The molecule has 27 heavy (non-hydrogen) atoms. The van der Waals surface area contributed by atoms with Crippen molar-refractivity contribution in [3.05, 3.63) is 29.3 Å². The van der Waals surface area contributed by atoms with Crippen LogP contribution in [0.4, 0.5) is 0 Å². The number of aliphatic hydroxyl groups is 1. The Morgan fingerprint density at radius 3 is 3.04 bits per heavy atom. The molecule has 3 rings (SSSR count). The lowest BCUT2D eigenvalue weighted by Crippen LogP contribution is -2.62. The number of carbonyl (C=O) groups is 1. The van der Waals surface area contributed by atoms with Gasteiger partial charge >= 0.3 is 0 Å². The number of amides is 1. The van der Waals surface area contributed by atoms with Gasteiger partial charge in [-0.1, -0.05) is 12.1 Å². The van der Waals surface area contributed by atoms with Crippen molar-refractivity contribution in [2.45, 2.75) is 58.4 Å². The average Bonchev–Trinajstić information content (AvgIpc) is 2.69. The molecule has 0 spiro atoms. The van der Waals surface area contributed by atoms with E-state index in [1.54, 1.807) is 0 Å². The van der Waals surface area contributed by atoms with Crippen molar-refractivity contribution < 1.29 is 14.6 Å². The van der Waals surface area contributed by atoms with Gasteiger partial charge in [0.2, 0.25) is 5.91 Å². The molecule has 0 aromatic heterocycles.